The van der Waals surface area contributed by atoms with Crippen molar-refractivity contribution in [1.82, 2.24) is 9.80 Å². The molecule has 1 unspecified atom stereocenters. The molecule has 0 radical (unpaired) electrons. The van der Waals surface area contributed by atoms with Gasteiger partial charge in [-0.15, -0.1) is 0 Å². The normalized spacial score (nSPS) is 15.5. The lowest BCUT2D eigenvalue weighted by Crippen LogP contribution is -2.41. The van der Waals surface area contributed by atoms with Gasteiger partial charge in [-0.05, 0) is 58.5 Å². The van der Waals surface area contributed by atoms with Crippen LogP contribution < -0.4 is 5.73 Å². The zero-order chi connectivity index (χ0) is 13.3. The number of nitrogens with zero attached hydrogens (tertiary/aromatic N) is 2. The largest absolute Gasteiger partial charge is 0.330 e. The number of nitrogens with two attached hydrogens (primary N) is 1. The Labute approximate surface area is 108 Å². The molecule has 0 saturated carbocycles. The fraction of sp³-hybridized carbons (Fsp3) is 1.00. The summed E-state index contributed by atoms with van der Waals surface area (Å²) < 4.78 is 0. The summed E-state index contributed by atoms with van der Waals surface area (Å²) in [4.78, 5) is 4.80. The van der Waals surface area contributed by atoms with Gasteiger partial charge in [-0.1, -0.05) is 27.2 Å². The molecule has 0 aromatic rings. The highest BCUT2D eigenvalue weighted by molar-refractivity contribution is 4.79. The first kappa shape index (κ1) is 16.9. The molecule has 3 heteroatoms. The first-order chi connectivity index (χ1) is 7.97. The van der Waals surface area contributed by atoms with E-state index in [2.05, 4.69) is 44.7 Å². The van der Waals surface area contributed by atoms with Gasteiger partial charge in [-0.25, -0.2) is 0 Å². The van der Waals surface area contributed by atoms with Crippen LogP contribution in [0.4, 0.5) is 0 Å². The Bertz CT molecular complexity index is 182. The van der Waals surface area contributed by atoms with Gasteiger partial charge in [0.05, 0.1) is 0 Å². The maximum atomic E-state index is 5.94. The molecular formula is C14H33N3. The summed E-state index contributed by atoms with van der Waals surface area (Å²) in [7, 11) is 4.27. The van der Waals surface area contributed by atoms with Crippen molar-refractivity contribution in [1.29, 1.82) is 0 Å². The van der Waals surface area contributed by atoms with E-state index in [1.54, 1.807) is 0 Å². The highest BCUT2D eigenvalue weighted by atomic mass is 15.1. The SMILES string of the molecule is CCCC(C)(CN)CN(CC)CCCN(C)C. The molecule has 0 amide bonds. The molecule has 0 aromatic heterocycles. The summed E-state index contributed by atoms with van der Waals surface area (Å²) in [5.41, 5.74) is 6.23. The molecule has 0 rings (SSSR count). The quantitative estimate of drug-likeness (QED) is 0.637. The molecule has 2 N–H and O–H groups in total. The van der Waals surface area contributed by atoms with Crippen LogP contribution in [0.25, 0.3) is 0 Å². The summed E-state index contributed by atoms with van der Waals surface area (Å²) >= 11 is 0. The van der Waals surface area contributed by atoms with E-state index in [4.69, 9.17) is 5.73 Å². The van der Waals surface area contributed by atoms with E-state index in [9.17, 15) is 0 Å². The Balaban J connectivity index is 4.08. The minimum atomic E-state index is 0.295. The van der Waals surface area contributed by atoms with Crippen molar-refractivity contribution in [2.24, 2.45) is 11.1 Å². The van der Waals surface area contributed by atoms with Crippen LogP contribution in [0.3, 0.4) is 0 Å². The Kier molecular flexibility index (Phi) is 8.83. The topological polar surface area (TPSA) is 32.5 Å². The molecule has 0 aliphatic carbocycles. The third-order valence-electron chi connectivity index (χ3n) is 3.48. The molecule has 0 heterocycles. The van der Waals surface area contributed by atoms with Gasteiger partial charge in [-0.3, -0.25) is 0 Å². The first-order valence-corrected chi connectivity index (χ1v) is 7.04. The standard InChI is InChI=1S/C14H33N3/c1-6-9-14(3,12-15)13-17(7-2)11-8-10-16(4)5/h6-13,15H2,1-5H3. The van der Waals surface area contributed by atoms with E-state index in [-0.39, 0.29) is 0 Å². The van der Waals surface area contributed by atoms with E-state index in [0.717, 1.165) is 19.6 Å². The predicted octanol–water partition coefficient (Wildman–Crippen LogP) is 2.03. The summed E-state index contributed by atoms with van der Waals surface area (Å²) in [6.45, 7) is 12.2. The second-order valence-corrected chi connectivity index (χ2v) is 5.79. The van der Waals surface area contributed by atoms with Gasteiger partial charge in [0.2, 0.25) is 0 Å². The molecular weight excluding hydrogens is 210 g/mol. The van der Waals surface area contributed by atoms with Crippen LogP contribution in [0.5, 0.6) is 0 Å². The van der Waals surface area contributed by atoms with Gasteiger partial charge in [0.15, 0.2) is 0 Å². The van der Waals surface area contributed by atoms with Gasteiger partial charge in [-0.2, -0.15) is 0 Å². The Morgan fingerprint density at radius 2 is 1.76 bits per heavy atom. The highest BCUT2D eigenvalue weighted by Gasteiger charge is 2.23. The molecule has 0 fully saturated rings. The zero-order valence-electron chi connectivity index (χ0n) is 12.6. The lowest BCUT2D eigenvalue weighted by molar-refractivity contribution is 0.159. The molecule has 104 valence electrons. The molecule has 1 atom stereocenters. The van der Waals surface area contributed by atoms with E-state index >= 15 is 0 Å². The summed E-state index contributed by atoms with van der Waals surface area (Å²) in [6, 6.07) is 0. The smallest absolute Gasteiger partial charge is 0.00473 e. The van der Waals surface area contributed by atoms with Crippen LogP contribution in [-0.4, -0.2) is 56.6 Å². The van der Waals surface area contributed by atoms with Gasteiger partial charge < -0.3 is 15.5 Å². The fourth-order valence-electron chi connectivity index (χ4n) is 2.35. The van der Waals surface area contributed by atoms with Gasteiger partial charge in [0.1, 0.15) is 0 Å². The number of hydrogen-bond donors (Lipinski definition) is 1. The summed E-state index contributed by atoms with van der Waals surface area (Å²) in [6.07, 6.45) is 3.70. The van der Waals surface area contributed by atoms with Crippen molar-refractivity contribution in [3.63, 3.8) is 0 Å². The van der Waals surface area contributed by atoms with Crippen molar-refractivity contribution >= 4 is 0 Å². The molecule has 0 saturated heterocycles. The van der Waals surface area contributed by atoms with Crippen LogP contribution in [0, 0.1) is 5.41 Å². The van der Waals surface area contributed by atoms with Crippen LogP contribution in [-0.2, 0) is 0 Å². The molecule has 3 nitrogen and oxygen atoms in total. The zero-order valence-corrected chi connectivity index (χ0v) is 12.6. The molecule has 0 aliphatic heterocycles. The summed E-state index contributed by atoms with van der Waals surface area (Å²) in [5.74, 6) is 0. The Morgan fingerprint density at radius 1 is 1.12 bits per heavy atom. The fourth-order valence-corrected chi connectivity index (χ4v) is 2.35. The highest BCUT2D eigenvalue weighted by Crippen LogP contribution is 2.23. The molecule has 0 spiro atoms. The number of rotatable bonds is 10. The predicted molar refractivity (Wildman–Crippen MR) is 77.4 cm³/mol. The third kappa shape index (κ3) is 7.74. The lowest BCUT2D eigenvalue weighted by atomic mass is 9.85. The van der Waals surface area contributed by atoms with Crippen LogP contribution in [0.1, 0.15) is 40.0 Å². The van der Waals surface area contributed by atoms with Gasteiger partial charge in [0.25, 0.3) is 0 Å². The van der Waals surface area contributed by atoms with Crippen LogP contribution in [0.2, 0.25) is 0 Å². The van der Waals surface area contributed by atoms with E-state index in [1.165, 1.54) is 32.4 Å². The van der Waals surface area contributed by atoms with E-state index in [1.807, 2.05) is 0 Å². The molecule has 0 aromatic carbocycles. The monoisotopic (exact) mass is 243 g/mol. The van der Waals surface area contributed by atoms with Crippen molar-refractivity contribution < 1.29 is 0 Å². The average molecular weight is 243 g/mol. The first-order valence-electron chi connectivity index (χ1n) is 7.04. The molecule has 0 aliphatic rings. The lowest BCUT2D eigenvalue weighted by Gasteiger charge is -2.34. The van der Waals surface area contributed by atoms with Gasteiger partial charge in [0, 0.05) is 6.54 Å². The van der Waals surface area contributed by atoms with E-state index < -0.39 is 0 Å². The van der Waals surface area contributed by atoms with Crippen LogP contribution >= 0.6 is 0 Å². The Hall–Kier alpha value is -0.120. The second-order valence-electron chi connectivity index (χ2n) is 5.79. The maximum absolute atomic E-state index is 5.94. The van der Waals surface area contributed by atoms with Crippen molar-refractivity contribution in [2.75, 3.05) is 46.8 Å². The number of hydrogen-bond acceptors (Lipinski definition) is 3. The van der Waals surface area contributed by atoms with Crippen molar-refractivity contribution in [3.05, 3.63) is 0 Å². The summed E-state index contributed by atoms with van der Waals surface area (Å²) in [5, 5.41) is 0. The average Bonchev–Trinajstić information content (AvgIpc) is 2.27. The van der Waals surface area contributed by atoms with Crippen LogP contribution in [0.15, 0.2) is 0 Å². The maximum Gasteiger partial charge on any atom is 0.00473 e. The minimum absolute atomic E-state index is 0.295. The van der Waals surface area contributed by atoms with Gasteiger partial charge >= 0.3 is 0 Å². The van der Waals surface area contributed by atoms with Crippen molar-refractivity contribution in [2.45, 2.75) is 40.0 Å². The van der Waals surface area contributed by atoms with E-state index in [0.29, 0.717) is 5.41 Å². The third-order valence-corrected chi connectivity index (χ3v) is 3.48. The Morgan fingerprint density at radius 3 is 2.18 bits per heavy atom. The second kappa shape index (κ2) is 8.90. The van der Waals surface area contributed by atoms with Crippen molar-refractivity contribution in [3.8, 4) is 0 Å². The minimum Gasteiger partial charge on any atom is -0.330 e. The molecule has 0 bridgehead atoms. The molecule has 17 heavy (non-hydrogen) atoms.